The van der Waals surface area contributed by atoms with Crippen molar-refractivity contribution in [1.29, 1.82) is 0 Å². The van der Waals surface area contributed by atoms with Crippen molar-refractivity contribution < 1.29 is 13.7 Å². The zero-order valence-electron chi connectivity index (χ0n) is 12.1. The Morgan fingerprint density at radius 3 is 2.48 bits per heavy atom. The van der Waals surface area contributed by atoms with Gasteiger partial charge in [0, 0.05) is 18.2 Å². The fraction of sp³-hybridized carbons (Fsp3) is 0.600. The molecule has 0 atom stereocenters. The minimum atomic E-state index is -1.14. The second kappa shape index (κ2) is 6.83. The first-order valence-corrected chi connectivity index (χ1v) is 7.41. The second-order valence-corrected chi connectivity index (χ2v) is 5.69. The summed E-state index contributed by atoms with van der Waals surface area (Å²) in [4.78, 5) is 9.87. The zero-order valence-corrected chi connectivity index (χ0v) is 12.1. The molecule has 0 bridgehead atoms. The summed E-state index contributed by atoms with van der Waals surface area (Å²) in [6.45, 7) is 2.16. The molecule has 6 heteroatoms. The Bertz CT molecular complexity index is 515. The predicted molar refractivity (Wildman–Crippen MR) is 77.3 cm³/mol. The summed E-state index contributed by atoms with van der Waals surface area (Å²) in [6, 6.07) is 1.61. The van der Waals surface area contributed by atoms with Crippen LogP contribution < -0.4 is 5.32 Å². The van der Waals surface area contributed by atoms with Gasteiger partial charge in [0.1, 0.15) is 5.82 Å². The molecule has 1 saturated carbocycles. The van der Waals surface area contributed by atoms with Crippen LogP contribution in [0.1, 0.15) is 45.4 Å². The Kier molecular flexibility index (Phi) is 5.09. The molecular weight excluding hydrogens is 278 g/mol. The van der Waals surface area contributed by atoms with Crippen molar-refractivity contribution >= 4 is 11.4 Å². The molecule has 0 radical (unpaired) electrons. The van der Waals surface area contributed by atoms with Crippen molar-refractivity contribution in [3.63, 3.8) is 0 Å². The number of anilines is 1. The predicted octanol–water partition coefficient (Wildman–Crippen LogP) is 4.64. The van der Waals surface area contributed by atoms with Crippen molar-refractivity contribution in [2.45, 2.75) is 51.5 Å². The number of nitrogens with zero attached hydrogens (tertiary/aromatic N) is 1. The smallest absolute Gasteiger partial charge is 0.307 e. The van der Waals surface area contributed by atoms with Gasteiger partial charge in [-0.15, -0.1) is 0 Å². The number of nitro benzene ring substituents is 1. The summed E-state index contributed by atoms with van der Waals surface area (Å²) in [5.41, 5.74) is -0.680. The first kappa shape index (κ1) is 15.7. The van der Waals surface area contributed by atoms with Crippen molar-refractivity contribution in [3.8, 4) is 0 Å². The lowest BCUT2D eigenvalue weighted by molar-refractivity contribution is -0.387. The number of hydrogen-bond donors (Lipinski definition) is 1. The number of hydrogen-bond acceptors (Lipinski definition) is 3. The van der Waals surface area contributed by atoms with E-state index in [2.05, 4.69) is 12.2 Å². The number of rotatable bonds is 5. The van der Waals surface area contributed by atoms with Crippen molar-refractivity contribution in [2.24, 2.45) is 5.92 Å². The molecular formula is C15H20F2N2O2. The molecule has 1 aromatic carbocycles. The highest BCUT2D eigenvalue weighted by molar-refractivity contribution is 5.53. The third-order valence-electron chi connectivity index (χ3n) is 4.14. The highest BCUT2D eigenvalue weighted by atomic mass is 19.1. The van der Waals surface area contributed by atoms with Crippen LogP contribution in [0.15, 0.2) is 12.1 Å². The van der Waals surface area contributed by atoms with Gasteiger partial charge in [-0.2, -0.15) is 4.39 Å². The molecule has 0 aliphatic heterocycles. The van der Waals surface area contributed by atoms with E-state index in [1.54, 1.807) is 0 Å². The summed E-state index contributed by atoms with van der Waals surface area (Å²) in [6.07, 6.45) is 6.36. The zero-order chi connectivity index (χ0) is 15.4. The number of nitro groups is 1. The Morgan fingerprint density at radius 1 is 1.24 bits per heavy atom. The SMILES string of the molecule is CCCC1CCC(Nc2cc([N+](=O)[O-])c(F)cc2F)CC1. The Balaban J connectivity index is 2.03. The lowest BCUT2D eigenvalue weighted by Crippen LogP contribution is -2.26. The molecule has 0 amide bonds. The molecule has 2 rings (SSSR count). The fourth-order valence-electron chi connectivity index (χ4n) is 3.01. The van der Waals surface area contributed by atoms with Crippen LogP contribution in [-0.2, 0) is 0 Å². The van der Waals surface area contributed by atoms with Gasteiger partial charge in [0.2, 0.25) is 5.82 Å². The van der Waals surface area contributed by atoms with E-state index in [0.29, 0.717) is 6.07 Å². The quantitative estimate of drug-likeness (QED) is 0.636. The van der Waals surface area contributed by atoms with Gasteiger partial charge in [-0.05, 0) is 31.6 Å². The van der Waals surface area contributed by atoms with Gasteiger partial charge >= 0.3 is 5.69 Å². The Morgan fingerprint density at radius 2 is 1.90 bits per heavy atom. The molecule has 1 aromatic rings. The standard InChI is InChI=1S/C15H20F2N2O2/c1-2-3-10-4-6-11(7-5-10)18-14-9-15(19(20)21)13(17)8-12(14)16/h8-11,18H,2-7H2,1H3. The summed E-state index contributed by atoms with van der Waals surface area (Å²) < 4.78 is 27.0. The van der Waals surface area contributed by atoms with Crippen LogP contribution in [-0.4, -0.2) is 11.0 Å². The Hall–Kier alpha value is -1.72. The van der Waals surface area contributed by atoms with Crippen LogP contribution in [0.25, 0.3) is 0 Å². The second-order valence-electron chi connectivity index (χ2n) is 5.69. The highest BCUT2D eigenvalue weighted by Gasteiger charge is 2.23. The number of nitrogens with one attached hydrogen (secondary N) is 1. The monoisotopic (exact) mass is 298 g/mol. The minimum Gasteiger partial charge on any atom is -0.380 e. The van der Waals surface area contributed by atoms with E-state index in [1.165, 1.54) is 12.8 Å². The van der Waals surface area contributed by atoms with E-state index >= 15 is 0 Å². The van der Waals surface area contributed by atoms with Crippen LogP contribution in [0.3, 0.4) is 0 Å². The van der Waals surface area contributed by atoms with E-state index in [9.17, 15) is 18.9 Å². The van der Waals surface area contributed by atoms with Gasteiger partial charge in [0.05, 0.1) is 10.6 Å². The molecule has 116 valence electrons. The fourth-order valence-corrected chi connectivity index (χ4v) is 3.01. The van der Waals surface area contributed by atoms with Crippen molar-refractivity contribution in [2.75, 3.05) is 5.32 Å². The lowest BCUT2D eigenvalue weighted by Gasteiger charge is -2.29. The van der Waals surface area contributed by atoms with Crippen LogP contribution >= 0.6 is 0 Å². The lowest BCUT2D eigenvalue weighted by atomic mass is 9.83. The summed E-state index contributed by atoms with van der Waals surface area (Å²) in [5.74, 6) is -1.20. The molecule has 4 nitrogen and oxygen atoms in total. The molecule has 1 aliphatic rings. The average molecular weight is 298 g/mol. The molecule has 0 saturated heterocycles. The van der Waals surface area contributed by atoms with Crippen LogP contribution in [0.2, 0.25) is 0 Å². The summed E-state index contributed by atoms with van der Waals surface area (Å²) >= 11 is 0. The van der Waals surface area contributed by atoms with Gasteiger partial charge in [0.15, 0.2) is 0 Å². The maximum absolute atomic E-state index is 13.7. The molecule has 1 aliphatic carbocycles. The number of benzene rings is 1. The molecule has 0 aromatic heterocycles. The van der Waals surface area contributed by atoms with E-state index in [0.717, 1.165) is 37.7 Å². The first-order chi connectivity index (χ1) is 10.0. The van der Waals surface area contributed by atoms with E-state index in [-0.39, 0.29) is 11.7 Å². The first-order valence-electron chi connectivity index (χ1n) is 7.41. The molecule has 1 N–H and O–H groups in total. The van der Waals surface area contributed by atoms with Gasteiger partial charge in [0.25, 0.3) is 0 Å². The highest BCUT2D eigenvalue weighted by Crippen LogP contribution is 2.31. The third kappa shape index (κ3) is 3.89. The van der Waals surface area contributed by atoms with Crippen LogP contribution in [0.5, 0.6) is 0 Å². The van der Waals surface area contributed by atoms with Crippen LogP contribution in [0.4, 0.5) is 20.2 Å². The molecule has 0 heterocycles. The third-order valence-corrected chi connectivity index (χ3v) is 4.14. The van der Waals surface area contributed by atoms with Gasteiger partial charge < -0.3 is 5.32 Å². The largest absolute Gasteiger partial charge is 0.380 e. The molecule has 0 spiro atoms. The van der Waals surface area contributed by atoms with Crippen molar-refractivity contribution in [3.05, 3.63) is 33.9 Å². The Labute approximate surface area is 122 Å². The van der Waals surface area contributed by atoms with Gasteiger partial charge in [-0.25, -0.2) is 4.39 Å². The topological polar surface area (TPSA) is 55.2 Å². The maximum Gasteiger partial charge on any atom is 0.307 e. The molecule has 0 unspecified atom stereocenters. The average Bonchev–Trinajstić information content (AvgIpc) is 2.43. The van der Waals surface area contributed by atoms with Gasteiger partial charge in [-0.3, -0.25) is 10.1 Å². The van der Waals surface area contributed by atoms with E-state index < -0.39 is 22.2 Å². The van der Waals surface area contributed by atoms with Crippen molar-refractivity contribution in [1.82, 2.24) is 0 Å². The summed E-state index contributed by atoms with van der Waals surface area (Å²) in [7, 11) is 0. The van der Waals surface area contributed by atoms with Crippen LogP contribution in [0, 0.1) is 27.7 Å². The minimum absolute atomic E-state index is 0.0158. The summed E-state index contributed by atoms with van der Waals surface area (Å²) in [5, 5.41) is 13.7. The number of halogens is 2. The van der Waals surface area contributed by atoms with E-state index in [1.807, 2.05) is 0 Å². The van der Waals surface area contributed by atoms with Gasteiger partial charge in [-0.1, -0.05) is 19.8 Å². The molecule has 21 heavy (non-hydrogen) atoms. The molecule has 1 fully saturated rings. The van der Waals surface area contributed by atoms with E-state index in [4.69, 9.17) is 0 Å². The normalized spacial score (nSPS) is 22.0. The maximum atomic E-state index is 13.7.